The van der Waals surface area contributed by atoms with Crippen LogP contribution < -0.4 is 0 Å². The van der Waals surface area contributed by atoms with Gasteiger partial charge in [0.05, 0.1) is 22.1 Å². The summed E-state index contributed by atoms with van der Waals surface area (Å²) in [5, 5.41) is 0. The molecule has 1 amide bonds. The molecule has 0 saturated heterocycles. The second-order valence-electron chi connectivity index (χ2n) is 8.53. The van der Waals surface area contributed by atoms with E-state index in [0.717, 1.165) is 56.3 Å². The van der Waals surface area contributed by atoms with Gasteiger partial charge in [-0.05, 0) is 65.5 Å². The first-order chi connectivity index (χ1) is 15.5. The van der Waals surface area contributed by atoms with Crippen molar-refractivity contribution in [1.82, 2.24) is 14.5 Å². The third-order valence-corrected chi connectivity index (χ3v) is 6.84. The van der Waals surface area contributed by atoms with Gasteiger partial charge in [-0.1, -0.05) is 32.6 Å². The number of unbranched alkanes of at least 4 members (excludes halogenated alkanes) is 2. The van der Waals surface area contributed by atoms with E-state index in [4.69, 9.17) is 4.98 Å². The summed E-state index contributed by atoms with van der Waals surface area (Å²) in [6, 6.07) is 9.39. The van der Waals surface area contributed by atoms with Crippen molar-refractivity contribution in [3.05, 3.63) is 63.9 Å². The summed E-state index contributed by atoms with van der Waals surface area (Å²) in [4.78, 5) is 19.9. The minimum absolute atomic E-state index is 0.155. The van der Waals surface area contributed by atoms with Crippen LogP contribution in [0.4, 0.5) is 8.78 Å². The molecule has 0 aliphatic heterocycles. The molecule has 2 aromatic carbocycles. The largest absolute Gasteiger partial charge is 0.331 e. The molecule has 1 fully saturated rings. The van der Waals surface area contributed by atoms with E-state index in [2.05, 4.69) is 27.4 Å². The van der Waals surface area contributed by atoms with Crippen LogP contribution in [0.15, 0.2) is 40.9 Å². The Morgan fingerprint density at radius 3 is 2.66 bits per heavy atom. The lowest BCUT2D eigenvalue weighted by Crippen LogP contribution is -2.33. The maximum absolute atomic E-state index is 13.9. The number of nitrogens with zero attached hydrogens (tertiary/aromatic N) is 3. The lowest BCUT2D eigenvalue weighted by Gasteiger charge is -2.25. The first-order valence-electron chi connectivity index (χ1n) is 11.4. The van der Waals surface area contributed by atoms with E-state index < -0.39 is 5.82 Å². The van der Waals surface area contributed by atoms with Crippen LogP contribution in [0.2, 0.25) is 0 Å². The molecule has 0 spiro atoms. The van der Waals surface area contributed by atoms with E-state index in [9.17, 15) is 13.6 Å². The van der Waals surface area contributed by atoms with Gasteiger partial charge in [-0.25, -0.2) is 13.8 Å². The SMILES string of the molecule is CCCCCN(Cc1nc2cc(F)ccc2n1C1CCCC1)C(=O)c1ccc(F)c(Br)c1. The highest BCUT2D eigenvalue weighted by Gasteiger charge is 2.26. The Kier molecular flexibility index (Phi) is 7.23. The van der Waals surface area contributed by atoms with E-state index in [-0.39, 0.29) is 16.2 Å². The number of hydrogen-bond donors (Lipinski definition) is 0. The number of benzene rings is 2. The average Bonchev–Trinajstić information content (AvgIpc) is 3.41. The van der Waals surface area contributed by atoms with Crippen molar-refractivity contribution in [2.45, 2.75) is 64.5 Å². The minimum atomic E-state index is -0.399. The molecule has 1 saturated carbocycles. The number of carbonyl (C=O) groups is 1. The zero-order valence-corrected chi connectivity index (χ0v) is 19.9. The standard InChI is InChI=1S/C25H28BrF2N3O/c1-2-3-6-13-30(25(32)17-9-11-21(28)20(26)14-17)16-24-29-22-15-18(27)10-12-23(22)31(24)19-7-4-5-8-19/h9-12,14-15,19H,2-8,13,16H2,1H3. The molecular weight excluding hydrogens is 476 g/mol. The van der Waals surface area contributed by atoms with E-state index in [1.807, 2.05) is 0 Å². The highest BCUT2D eigenvalue weighted by Crippen LogP contribution is 2.34. The summed E-state index contributed by atoms with van der Waals surface area (Å²) in [6.45, 7) is 3.05. The maximum Gasteiger partial charge on any atom is 0.254 e. The number of rotatable bonds is 8. The van der Waals surface area contributed by atoms with Gasteiger partial charge < -0.3 is 9.47 Å². The van der Waals surface area contributed by atoms with Gasteiger partial charge in [0, 0.05) is 24.2 Å². The van der Waals surface area contributed by atoms with Crippen molar-refractivity contribution in [2.24, 2.45) is 0 Å². The Morgan fingerprint density at radius 1 is 1.16 bits per heavy atom. The Bertz CT molecular complexity index is 1110. The second kappa shape index (κ2) is 10.1. The van der Waals surface area contributed by atoms with Gasteiger partial charge in [0.1, 0.15) is 17.5 Å². The van der Waals surface area contributed by atoms with Gasteiger partial charge in [-0.15, -0.1) is 0 Å². The zero-order valence-electron chi connectivity index (χ0n) is 18.3. The van der Waals surface area contributed by atoms with Crippen LogP contribution in [0.25, 0.3) is 11.0 Å². The Balaban J connectivity index is 1.70. The third-order valence-electron chi connectivity index (χ3n) is 6.23. The highest BCUT2D eigenvalue weighted by molar-refractivity contribution is 9.10. The number of halogens is 3. The highest BCUT2D eigenvalue weighted by atomic mass is 79.9. The first-order valence-corrected chi connectivity index (χ1v) is 12.2. The predicted molar refractivity (Wildman–Crippen MR) is 126 cm³/mol. The van der Waals surface area contributed by atoms with Crippen LogP contribution in [0.3, 0.4) is 0 Å². The molecule has 0 N–H and O–H groups in total. The molecule has 1 aromatic heterocycles. The Hall–Kier alpha value is -2.28. The molecule has 1 aliphatic carbocycles. The summed E-state index contributed by atoms with van der Waals surface area (Å²) < 4.78 is 30.1. The van der Waals surface area contributed by atoms with E-state index in [1.54, 1.807) is 11.0 Å². The molecule has 3 aromatic rings. The molecular formula is C25H28BrF2N3O. The second-order valence-corrected chi connectivity index (χ2v) is 9.39. The topological polar surface area (TPSA) is 38.1 Å². The minimum Gasteiger partial charge on any atom is -0.331 e. The van der Waals surface area contributed by atoms with Crippen molar-refractivity contribution in [2.75, 3.05) is 6.54 Å². The van der Waals surface area contributed by atoms with Gasteiger partial charge in [0.2, 0.25) is 0 Å². The summed E-state index contributed by atoms with van der Waals surface area (Å²) in [6.07, 6.45) is 7.38. The van der Waals surface area contributed by atoms with Crippen molar-refractivity contribution < 1.29 is 13.6 Å². The van der Waals surface area contributed by atoms with Gasteiger partial charge in [-0.3, -0.25) is 4.79 Å². The molecule has 0 atom stereocenters. The molecule has 32 heavy (non-hydrogen) atoms. The normalized spacial score (nSPS) is 14.4. The van der Waals surface area contributed by atoms with Crippen LogP contribution in [0.5, 0.6) is 0 Å². The number of aromatic nitrogens is 2. The van der Waals surface area contributed by atoms with Crippen LogP contribution in [-0.4, -0.2) is 26.9 Å². The Morgan fingerprint density at radius 2 is 1.94 bits per heavy atom. The summed E-state index contributed by atoms with van der Waals surface area (Å²) in [5.41, 5.74) is 1.97. The fraction of sp³-hybridized carbons (Fsp3) is 0.440. The van der Waals surface area contributed by atoms with Gasteiger partial charge >= 0.3 is 0 Å². The molecule has 4 nitrogen and oxygen atoms in total. The molecule has 0 bridgehead atoms. The summed E-state index contributed by atoms with van der Waals surface area (Å²) in [7, 11) is 0. The van der Waals surface area contributed by atoms with E-state index in [0.29, 0.717) is 30.2 Å². The predicted octanol–water partition coefficient (Wildman–Crippen LogP) is 7.02. The summed E-state index contributed by atoms with van der Waals surface area (Å²) >= 11 is 3.18. The molecule has 170 valence electrons. The van der Waals surface area contributed by atoms with Gasteiger partial charge in [-0.2, -0.15) is 0 Å². The average molecular weight is 504 g/mol. The molecule has 0 radical (unpaired) electrons. The van der Waals surface area contributed by atoms with Crippen LogP contribution >= 0.6 is 15.9 Å². The number of carbonyl (C=O) groups excluding carboxylic acids is 1. The lowest BCUT2D eigenvalue weighted by molar-refractivity contribution is 0.0733. The lowest BCUT2D eigenvalue weighted by atomic mass is 10.1. The van der Waals surface area contributed by atoms with E-state index >= 15 is 0 Å². The number of imidazole rings is 1. The molecule has 7 heteroatoms. The first kappa shape index (κ1) is 22.9. The maximum atomic E-state index is 13.9. The van der Waals surface area contributed by atoms with Crippen LogP contribution in [-0.2, 0) is 6.54 Å². The van der Waals surface area contributed by atoms with Crippen molar-refractivity contribution >= 4 is 32.9 Å². The smallest absolute Gasteiger partial charge is 0.254 e. The van der Waals surface area contributed by atoms with Crippen molar-refractivity contribution in [1.29, 1.82) is 0 Å². The van der Waals surface area contributed by atoms with Crippen molar-refractivity contribution in [3.63, 3.8) is 0 Å². The van der Waals surface area contributed by atoms with Crippen LogP contribution in [0.1, 0.15) is 74.1 Å². The van der Waals surface area contributed by atoms with E-state index in [1.165, 1.54) is 30.3 Å². The molecule has 4 rings (SSSR count). The fourth-order valence-corrected chi connectivity index (χ4v) is 4.97. The van der Waals surface area contributed by atoms with Gasteiger partial charge in [0.15, 0.2) is 0 Å². The van der Waals surface area contributed by atoms with Crippen LogP contribution in [0, 0.1) is 11.6 Å². The number of amides is 1. The monoisotopic (exact) mass is 503 g/mol. The Labute approximate surface area is 195 Å². The fourth-order valence-electron chi connectivity index (χ4n) is 4.59. The third kappa shape index (κ3) is 4.87. The van der Waals surface area contributed by atoms with Crippen molar-refractivity contribution in [3.8, 4) is 0 Å². The number of hydrogen-bond acceptors (Lipinski definition) is 2. The van der Waals surface area contributed by atoms with Gasteiger partial charge in [0.25, 0.3) is 5.91 Å². The molecule has 1 heterocycles. The summed E-state index contributed by atoms with van der Waals surface area (Å²) in [5.74, 6) is -0.0853. The molecule has 0 unspecified atom stereocenters. The zero-order chi connectivity index (χ0) is 22.7. The quantitative estimate of drug-likeness (QED) is 0.309. The molecule has 1 aliphatic rings. The number of fused-ring (bicyclic) bond motifs is 1.